The second kappa shape index (κ2) is 26.7. The maximum Gasteiger partial charge on any atom is -0.0240 e. The first-order valence-electron chi connectivity index (χ1n) is 16.2. The average Bonchev–Trinajstić information content (AvgIpc) is 2.89. The molecule has 0 saturated heterocycles. The van der Waals surface area contributed by atoms with Crippen molar-refractivity contribution >= 4 is 13.2 Å². The Bertz CT molecular complexity index is 483. The van der Waals surface area contributed by atoms with E-state index in [1.54, 1.807) is 5.30 Å². The van der Waals surface area contributed by atoms with Crippen molar-refractivity contribution in [3.63, 3.8) is 0 Å². The lowest BCUT2D eigenvalue weighted by Gasteiger charge is -2.18. The molecule has 0 nitrogen and oxygen atoms in total. The fourth-order valence-electron chi connectivity index (χ4n) is 5.30. The third-order valence-corrected chi connectivity index (χ3v) is 10.4. The first-order chi connectivity index (χ1) is 17.4. The number of rotatable bonds is 27. The van der Waals surface area contributed by atoms with Crippen molar-refractivity contribution in [2.75, 3.05) is 12.3 Å². The minimum atomic E-state index is 0.0685. The molecule has 0 bridgehead atoms. The largest absolute Gasteiger partial charge is 0.0753 e. The number of unbranched alkanes of at least 4 members (excludes halogenated alkanes) is 22. The fraction of sp³-hybridized carbons (Fsp3) is 0.824. The molecule has 1 aromatic rings. The van der Waals surface area contributed by atoms with Crippen LogP contribution in [-0.4, -0.2) is 12.3 Å². The van der Waals surface area contributed by atoms with Crippen LogP contribution in [0.2, 0.25) is 0 Å². The number of benzene rings is 1. The molecule has 0 saturated carbocycles. The van der Waals surface area contributed by atoms with Gasteiger partial charge in [0.2, 0.25) is 0 Å². The van der Waals surface area contributed by atoms with Crippen LogP contribution >= 0.6 is 7.92 Å². The van der Waals surface area contributed by atoms with Crippen molar-refractivity contribution in [1.82, 2.24) is 0 Å². The molecular formula is C34H63P. The van der Waals surface area contributed by atoms with E-state index in [-0.39, 0.29) is 7.92 Å². The molecule has 0 amide bonds. The maximum atomic E-state index is 2.41. The molecule has 1 aromatic carbocycles. The summed E-state index contributed by atoms with van der Waals surface area (Å²) >= 11 is 0. The van der Waals surface area contributed by atoms with Gasteiger partial charge < -0.3 is 0 Å². The van der Waals surface area contributed by atoms with Gasteiger partial charge in [0.1, 0.15) is 0 Å². The molecule has 0 heterocycles. The monoisotopic (exact) mass is 502 g/mol. The lowest BCUT2D eigenvalue weighted by molar-refractivity contribution is 0.547. The second-order valence-electron chi connectivity index (χ2n) is 11.1. The zero-order valence-corrected chi connectivity index (χ0v) is 25.1. The van der Waals surface area contributed by atoms with Crippen LogP contribution in [0, 0.1) is 0 Å². The Labute approximate surface area is 223 Å². The molecule has 0 aliphatic rings. The molecule has 0 radical (unpaired) electrons. The minimum Gasteiger partial charge on any atom is -0.0753 e. The summed E-state index contributed by atoms with van der Waals surface area (Å²) in [5.74, 6) is 0. The van der Waals surface area contributed by atoms with E-state index < -0.39 is 0 Å². The summed E-state index contributed by atoms with van der Waals surface area (Å²) < 4.78 is 0. The van der Waals surface area contributed by atoms with Crippen molar-refractivity contribution in [2.45, 2.75) is 168 Å². The van der Waals surface area contributed by atoms with Gasteiger partial charge in [-0.15, -0.1) is 0 Å². The van der Waals surface area contributed by atoms with Crippen LogP contribution < -0.4 is 5.30 Å². The van der Waals surface area contributed by atoms with E-state index in [1.807, 2.05) is 0 Å². The maximum absolute atomic E-state index is 2.41. The fourth-order valence-corrected chi connectivity index (χ4v) is 7.84. The van der Waals surface area contributed by atoms with Gasteiger partial charge >= 0.3 is 0 Å². The van der Waals surface area contributed by atoms with Gasteiger partial charge in [0.25, 0.3) is 0 Å². The molecule has 0 aliphatic heterocycles. The van der Waals surface area contributed by atoms with Crippen molar-refractivity contribution in [2.24, 2.45) is 0 Å². The quantitative estimate of drug-likeness (QED) is 0.0828. The first kappa shape index (κ1) is 32.7. The third kappa shape index (κ3) is 21.4. The molecule has 0 unspecified atom stereocenters. The molecule has 0 aliphatic carbocycles. The van der Waals surface area contributed by atoms with Gasteiger partial charge in [0, 0.05) is 0 Å². The van der Waals surface area contributed by atoms with E-state index in [4.69, 9.17) is 0 Å². The second-order valence-corrected chi connectivity index (χ2v) is 13.6. The minimum absolute atomic E-state index is 0.0685. The molecule has 1 heteroatoms. The zero-order valence-electron chi connectivity index (χ0n) is 24.2. The lowest BCUT2D eigenvalue weighted by atomic mass is 10.1. The summed E-state index contributed by atoms with van der Waals surface area (Å²) in [4.78, 5) is 0. The Morgan fingerprint density at radius 3 is 0.971 bits per heavy atom. The third-order valence-electron chi connectivity index (χ3n) is 7.68. The first-order valence-corrected chi connectivity index (χ1v) is 17.9. The topological polar surface area (TPSA) is 0 Å². The van der Waals surface area contributed by atoms with Crippen LogP contribution in [0.1, 0.15) is 168 Å². The van der Waals surface area contributed by atoms with E-state index in [2.05, 4.69) is 44.2 Å². The highest BCUT2D eigenvalue weighted by Crippen LogP contribution is 2.37. The molecule has 1 rings (SSSR count). The van der Waals surface area contributed by atoms with Crippen LogP contribution in [0.3, 0.4) is 0 Å². The molecule has 0 aromatic heterocycles. The number of hydrogen-bond acceptors (Lipinski definition) is 0. The summed E-state index contributed by atoms with van der Waals surface area (Å²) in [6, 6.07) is 11.5. The van der Waals surface area contributed by atoms with E-state index in [0.717, 1.165) is 0 Å². The highest BCUT2D eigenvalue weighted by Gasteiger charge is 2.10. The normalized spacial score (nSPS) is 11.5. The van der Waals surface area contributed by atoms with E-state index >= 15 is 0 Å². The smallest absolute Gasteiger partial charge is 0.0240 e. The Hall–Kier alpha value is -0.350. The van der Waals surface area contributed by atoms with Crippen molar-refractivity contribution in [3.8, 4) is 0 Å². The van der Waals surface area contributed by atoms with Crippen LogP contribution in [0.5, 0.6) is 0 Å². The summed E-state index contributed by atoms with van der Waals surface area (Å²) in [6.07, 6.45) is 37.9. The summed E-state index contributed by atoms with van der Waals surface area (Å²) in [5, 5.41) is 1.66. The Morgan fingerprint density at radius 2 is 0.657 bits per heavy atom. The molecular weight excluding hydrogens is 439 g/mol. The van der Waals surface area contributed by atoms with Gasteiger partial charge in [-0.2, -0.15) is 0 Å². The molecule has 0 atom stereocenters. The van der Waals surface area contributed by atoms with Gasteiger partial charge in [-0.05, 0) is 30.5 Å². The molecule has 35 heavy (non-hydrogen) atoms. The van der Waals surface area contributed by atoms with Crippen molar-refractivity contribution in [1.29, 1.82) is 0 Å². The van der Waals surface area contributed by atoms with Gasteiger partial charge in [-0.25, -0.2) is 0 Å². The zero-order chi connectivity index (χ0) is 25.1. The van der Waals surface area contributed by atoms with Crippen LogP contribution in [-0.2, 0) is 0 Å². The summed E-state index contributed by atoms with van der Waals surface area (Å²) in [5.41, 5.74) is 0. The van der Waals surface area contributed by atoms with Gasteiger partial charge in [-0.3, -0.25) is 0 Å². The molecule has 0 spiro atoms. The number of hydrogen-bond donors (Lipinski definition) is 0. The summed E-state index contributed by atoms with van der Waals surface area (Å²) in [6.45, 7) is 4.62. The highest BCUT2D eigenvalue weighted by atomic mass is 31.1. The van der Waals surface area contributed by atoms with Gasteiger partial charge in [0.15, 0.2) is 0 Å². The molecule has 0 fully saturated rings. The predicted octanol–water partition coefficient (Wildman–Crippen LogP) is 12.2. The van der Waals surface area contributed by atoms with Gasteiger partial charge in [-0.1, -0.05) is 193 Å². The lowest BCUT2D eigenvalue weighted by Crippen LogP contribution is -2.06. The van der Waals surface area contributed by atoms with Crippen LogP contribution in [0.4, 0.5) is 0 Å². The SMILES string of the molecule is CCCCCCCCCCCCCCP(CCCCCCCCCCCCCC)c1ccccc1. The van der Waals surface area contributed by atoms with Crippen LogP contribution in [0.25, 0.3) is 0 Å². The molecule has 204 valence electrons. The van der Waals surface area contributed by atoms with Crippen molar-refractivity contribution < 1.29 is 0 Å². The Kier molecular flexibility index (Phi) is 24.9. The highest BCUT2D eigenvalue weighted by molar-refractivity contribution is 7.65. The molecule has 0 N–H and O–H groups in total. The Balaban J connectivity index is 2.04. The standard InChI is InChI=1S/C34H63P/c1-3-5-7-9-11-13-15-17-19-21-23-28-32-35(34-30-26-25-27-31-34)33-29-24-22-20-18-16-14-12-10-8-6-4-2/h25-27,30-31H,3-24,28-29,32-33H2,1-2H3. The average molecular weight is 503 g/mol. The van der Waals surface area contributed by atoms with E-state index in [0.29, 0.717) is 0 Å². The van der Waals surface area contributed by atoms with Crippen LogP contribution in [0.15, 0.2) is 30.3 Å². The summed E-state index contributed by atoms with van der Waals surface area (Å²) in [7, 11) is 0.0685. The van der Waals surface area contributed by atoms with E-state index in [1.165, 1.54) is 166 Å². The Morgan fingerprint density at radius 1 is 0.371 bits per heavy atom. The van der Waals surface area contributed by atoms with Gasteiger partial charge in [0.05, 0.1) is 0 Å². The van der Waals surface area contributed by atoms with E-state index in [9.17, 15) is 0 Å². The predicted molar refractivity (Wildman–Crippen MR) is 165 cm³/mol. The van der Waals surface area contributed by atoms with Crippen molar-refractivity contribution in [3.05, 3.63) is 30.3 Å².